The molecule has 0 spiro atoms. The number of rotatable bonds is 3. The second kappa shape index (κ2) is 7.47. The summed E-state index contributed by atoms with van der Waals surface area (Å²) in [7, 11) is 0. The van der Waals surface area contributed by atoms with E-state index >= 15 is 0 Å². The number of piperidine rings is 1. The summed E-state index contributed by atoms with van der Waals surface area (Å²) in [6.07, 6.45) is 7.69. The van der Waals surface area contributed by atoms with Crippen LogP contribution >= 0.6 is 23.1 Å². The van der Waals surface area contributed by atoms with Crippen molar-refractivity contribution in [2.24, 2.45) is 11.8 Å². The van der Waals surface area contributed by atoms with Gasteiger partial charge in [0.05, 0.1) is 5.25 Å². The number of carbonyl (C=O) groups excluding carboxylic acids is 1. The first kappa shape index (κ1) is 18.2. The third kappa shape index (κ3) is 3.50. The Bertz CT molecular complexity index is 809. The fraction of sp³-hybridized carbons (Fsp3) is 0.650. The minimum atomic E-state index is -0.107. The van der Waals surface area contributed by atoms with Gasteiger partial charge in [-0.15, -0.1) is 11.3 Å². The van der Waals surface area contributed by atoms with Crippen molar-refractivity contribution in [2.45, 2.75) is 63.2 Å². The molecule has 3 heterocycles. The number of carbonyl (C=O) groups is 1. The first-order chi connectivity index (χ1) is 12.5. The van der Waals surface area contributed by atoms with Crippen molar-refractivity contribution in [3.05, 3.63) is 16.8 Å². The topological polar surface area (TPSA) is 46.1 Å². The zero-order chi connectivity index (χ0) is 18.3. The van der Waals surface area contributed by atoms with Gasteiger partial charge in [-0.3, -0.25) is 4.79 Å². The molecule has 4 nitrogen and oxygen atoms in total. The smallest absolute Gasteiger partial charge is 0.235 e. The van der Waals surface area contributed by atoms with Crippen LogP contribution in [0, 0.1) is 11.8 Å². The summed E-state index contributed by atoms with van der Waals surface area (Å²) in [6.45, 7) is 8.31. The molecule has 1 amide bonds. The monoisotopic (exact) mass is 389 g/mol. The molecule has 1 saturated heterocycles. The van der Waals surface area contributed by atoms with Gasteiger partial charge in [0.15, 0.2) is 0 Å². The van der Waals surface area contributed by atoms with Gasteiger partial charge < -0.3 is 4.90 Å². The van der Waals surface area contributed by atoms with E-state index in [2.05, 4.69) is 28.7 Å². The van der Waals surface area contributed by atoms with Crippen molar-refractivity contribution in [2.75, 3.05) is 13.1 Å². The van der Waals surface area contributed by atoms with E-state index in [1.807, 2.05) is 18.3 Å². The molecule has 140 valence electrons. The van der Waals surface area contributed by atoms with Gasteiger partial charge in [0.2, 0.25) is 5.91 Å². The molecule has 6 heteroatoms. The first-order valence-corrected chi connectivity index (χ1v) is 11.4. The molecule has 1 aliphatic carbocycles. The highest BCUT2D eigenvalue weighted by atomic mass is 32.2. The summed E-state index contributed by atoms with van der Waals surface area (Å²) in [6, 6.07) is 0. The van der Waals surface area contributed by atoms with Crippen molar-refractivity contribution >= 4 is 39.2 Å². The Morgan fingerprint density at radius 3 is 2.73 bits per heavy atom. The number of aryl methyl sites for hydroxylation is 2. The number of fused-ring (bicyclic) bond motifs is 3. The Labute approximate surface area is 163 Å². The fourth-order valence-corrected chi connectivity index (χ4v) is 6.79. The molecule has 26 heavy (non-hydrogen) atoms. The van der Waals surface area contributed by atoms with Crippen molar-refractivity contribution in [3.63, 3.8) is 0 Å². The molecule has 2 aromatic heterocycles. The summed E-state index contributed by atoms with van der Waals surface area (Å²) < 4.78 is 0. The summed E-state index contributed by atoms with van der Waals surface area (Å²) in [5, 5.41) is 2.11. The summed E-state index contributed by atoms with van der Waals surface area (Å²) in [5.41, 5.74) is 1.44. The zero-order valence-corrected chi connectivity index (χ0v) is 17.5. The number of thioether (sulfide) groups is 1. The molecule has 0 radical (unpaired) electrons. The van der Waals surface area contributed by atoms with Gasteiger partial charge in [-0.25, -0.2) is 9.97 Å². The molecule has 3 unspecified atom stereocenters. The molecular formula is C20H27N3OS2. The predicted octanol–water partition coefficient (Wildman–Crippen LogP) is 4.56. The molecule has 2 aliphatic rings. The number of hydrogen-bond acceptors (Lipinski definition) is 5. The number of amides is 1. The van der Waals surface area contributed by atoms with Crippen LogP contribution in [0.1, 0.15) is 50.5 Å². The van der Waals surface area contributed by atoms with Crippen LogP contribution in [-0.4, -0.2) is 39.1 Å². The van der Waals surface area contributed by atoms with Crippen LogP contribution in [0.25, 0.3) is 10.2 Å². The van der Waals surface area contributed by atoms with E-state index in [0.717, 1.165) is 29.4 Å². The largest absolute Gasteiger partial charge is 0.341 e. The van der Waals surface area contributed by atoms with Gasteiger partial charge in [0.25, 0.3) is 0 Å². The van der Waals surface area contributed by atoms with E-state index in [4.69, 9.17) is 0 Å². The van der Waals surface area contributed by atoms with E-state index in [1.54, 1.807) is 18.1 Å². The molecule has 0 N–H and O–H groups in total. The summed E-state index contributed by atoms with van der Waals surface area (Å²) in [5.74, 6) is 1.44. The third-order valence-electron chi connectivity index (χ3n) is 5.53. The maximum Gasteiger partial charge on any atom is 0.235 e. The Morgan fingerprint density at radius 1 is 1.23 bits per heavy atom. The van der Waals surface area contributed by atoms with Gasteiger partial charge in [-0.05, 0) is 56.4 Å². The third-order valence-corrected chi connectivity index (χ3v) is 7.82. The van der Waals surface area contributed by atoms with E-state index in [0.29, 0.717) is 11.8 Å². The first-order valence-electron chi connectivity index (χ1n) is 9.73. The van der Waals surface area contributed by atoms with Crippen LogP contribution in [0.4, 0.5) is 0 Å². The van der Waals surface area contributed by atoms with E-state index < -0.39 is 0 Å². The lowest BCUT2D eigenvalue weighted by molar-refractivity contribution is -0.132. The van der Waals surface area contributed by atoms with E-state index in [9.17, 15) is 4.79 Å². The lowest BCUT2D eigenvalue weighted by Gasteiger charge is -2.36. The van der Waals surface area contributed by atoms with Crippen molar-refractivity contribution in [1.82, 2.24) is 14.9 Å². The van der Waals surface area contributed by atoms with Gasteiger partial charge in [0, 0.05) is 23.4 Å². The van der Waals surface area contributed by atoms with Crippen molar-refractivity contribution in [3.8, 4) is 0 Å². The highest BCUT2D eigenvalue weighted by molar-refractivity contribution is 8.00. The van der Waals surface area contributed by atoms with Crippen LogP contribution < -0.4 is 0 Å². The number of nitrogens with zero attached hydrogens (tertiary/aromatic N) is 3. The summed E-state index contributed by atoms with van der Waals surface area (Å²) >= 11 is 3.44. The van der Waals surface area contributed by atoms with Crippen LogP contribution in [-0.2, 0) is 17.6 Å². The molecule has 3 atom stereocenters. The molecule has 2 aromatic rings. The van der Waals surface area contributed by atoms with Crippen LogP contribution in [0.2, 0.25) is 0 Å². The molecule has 1 aliphatic heterocycles. The van der Waals surface area contributed by atoms with Gasteiger partial charge >= 0.3 is 0 Å². The van der Waals surface area contributed by atoms with E-state index in [1.165, 1.54) is 41.5 Å². The maximum absolute atomic E-state index is 13.0. The van der Waals surface area contributed by atoms with Crippen molar-refractivity contribution < 1.29 is 4.79 Å². The van der Waals surface area contributed by atoms with Gasteiger partial charge in [-0.2, -0.15) is 0 Å². The molecule has 0 aromatic carbocycles. The number of hydrogen-bond donors (Lipinski definition) is 0. The molecule has 4 rings (SSSR count). The predicted molar refractivity (Wildman–Crippen MR) is 109 cm³/mol. The minimum absolute atomic E-state index is 0.107. The fourth-order valence-electron chi connectivity index (χ4n) is 4.47. The lowest BCUT2D eigenvalue weighted by Crippen LogP contribution is -2.45. The highest BCUT2D eigenvalue weighted by Gasteiger charge is 2.30. The Kier molecular flexibility index (Phi) is 5.24. The lowest BCUT2D eigenvalue weighted by atomic mass is 9.92. The normalized spacial score (nSPS) is 24.5. The summed E-state index contributed by atoms with van der Waals surface area (Å²) in [4.78, 5) is 26.7. The average Bonchev–Trinajstić information content (AvgIpc) is 2.99. The molecule has 1 fully saturated rings. The highest BCUT2D eigenvalue weighted by Crippen LogP contribution is 2.40. The van der Waals surface area contributed by atoms with Crippen LogP contribution in [0.5, 0.6) is 0 Å². The molecule has 0 bridgehead atoms. The SMILES string of the molecule is CC1CC(C)CN(C(=O)C(C)Sc2ncnc3sc4c(c23)CCCC4)C1. The maximum atomic E-state index is 13.0. The van der Waals surface area contributed by atoms with E-state index in [-0.39, 0.29) is 11.2 Å². The Morgan fingerprint density at radius 2 is 1.96 bits per heavy atom. The van der Waals surface area contributed by atoms with Gasteiger partial charge in [-0.1, -0.05) is 25.6 Å². The van der Waals surface area contributed by atoms with Crippen LogP contribution in [0.15, 0.2) is 11.4 Å². The standard InChI is InChI=1S/C20H27N3OS2/c1-12-8-13(2)10-23(9-12)20(24)14(3)25-18-17-15-6-4-5-7-16(15)26-19(17)22-11-21-18/h11-14H,4-10H2,1-3H3. The number of aromatic nitrogens is 2. The van der Waals surface area contributed by atoms with Crippen LogP contribution in [0.3, 0.4) is 0 Å². The zero-order valence-electron chi connectivity index (χ0n) is 15.8. The average molecular weight is 390 g/mol. The Hall–Kier alpha value is -1.14. The van der Waals surface area contributed by atoms with Crippen molar-refractivity contribution in [1.29, 1.82) is 0 Å². The Balaban J connectivity index is 1.57. The second-order valence-electron chi connectivity index (χ2n) is 8.02. The second-order valence-corrected chi connectivity index (χ2v) is 10.4. The molecule has 0 saturated carbocycles. The number of thiophene rings is 1. The quantitative estimate of drug-likeness (QED) is 0.570. The minimum Gasteiger partial charge on any atom is -0.341 e. The number of likely N-dealkylation sites (tertiary alicyclic amines) is 1. The molecular weight excluding hydrogens is 362 g/mol. The van der Waals surface area contributed by atoms with Gasteiger partial charge in [0.1, 0.15) is 16.2 Å².